The summed E-state index contributed by atoms with van der Waals surface area (Å²) >= 11 is 7.15. The second-order valence-electron chi connectivity index (χ2n) is 3.05. The van der Waals surface area contributed by atoms with Crippen LogP contribution in [0.1, 0.15) is 5.56 Å². The zero-order valence-electron chi connectivity index (χ0n) is 7.84. The van der Waals surface area contributed by atoms with Gasteiger partial charge in [0.25, 0.3) is 0 Å². The van der Waals surface area contributed by atoms with E-state index < -0.39 is 6.10 Å². The number of aliphatic hydroxyl groups excluding tert-OH is 1. The smallest absolute Gasteiger partial charge is 0.127 e. The lowest BCUT2D eigenvalue weighted by molar-refractivity contribution is 0.199. The molecule has 0 bridgehead atoms. The van der Waals surface area contributed by atoms with Crippen LogP contribution in [0.15, 0.2) is 18.2 Å². The van der Waals surface area contributed by atoms with E-state index in [1.165, 1.54) is 17.8 Å². The van der Waals surface area contributed by atoms with E-state index in [9.17, 15) is 9.50 Å². The minimum atomic E-state index is -0.499. The minimum Gasteiger partial charge on any atom is -0.392 e. The van der Waals surface area contributed by atoms with E-state index in [1.807, 2.05) is 6.26 Å². The van der Waals surface area contributed by atoms with Gasteiger partial charge in [0.1, 0.15) is 5.82 Å². The maximum absolute atomic E-state index is 13.2. The van der Waals surface area contributed by atoms with Crippen LogP contribution in [0.5, 0.6) is 0 Å². The van der Waals surface area contributed by atoms with Gasteiger partial charge in [0.05, 0.1) is 6.10 Å². The van der Waals surface area contributed by atoms with Crippen molar-refractivity contribution in [1.82, 2.24) is 0 Å². The number of halogens is 2. The highest BCUT2D eigenvalue weighted by atomic mass is 35.5. The molecule has 0 aromatic heterocycles. The van der Waals surface area contributed by atoms with E-state index in [0.29, 0.717) is 22.8 Å². The van der Waals surface area contributed by atoms with Gasteiger partial charge in [0.15, 0.2) is 0 Å². The predicted octanol–water partition coefficient (Wildman–Crippen LogP) is 2.75. The van der Waals surface area contributed by atoms with Crippen molar-refractivity contribution < 1.29 is 9.50 Å². The zero-order chi connectivity index (χ0) is 10.6. The third-order valence-corrected chi connectivity index (χ3v) is 2.78. The van der Waals surface area contributed by atoms with Gasteiger partial charge in [0, 0.05) is 17.2 Å². The highest BCUT2D eigenvalue weighted by Crippen LogP contribution is 2.16. The predicted molar refractivity (Wildman–Crippen MR) is 59.5 cm³/mol. The first-order valence-electron chi connectivity index (χ1n) is 4.24. The maximum atomic E-state index is 13.2. The Morgan fingerprint density at radius 3 is 2.86 bits per heavy atom. The van der Waals surface area contributed by atoms with Crippen LogP contribution in [0.25, 0.3) is 0 Å². The van der Waals surface area contributed by atoms with Gasteiger partial charge in [-0.1, -0.05) is 17.7 Å². The molecule has 1 nitrogen and oxygen atoms in total. The zero-order valence-corrected chi connectivity index (χ0v) is 9.41. The number of thioether (sulfide) groups is 1. The van der Waals surface area contributed by atoms with Gasteiger partial charge in [-0.25, -0.2) is 4.39 Å². The van der Waals surface area contributed by atoms with Crippen LogP contribution in [0.3, 0.4) is 0 Å². The van der Waals surface area contributed by atoms with Crippen molar-refractivity contribution in [1.29, 1.82) is 0 Å². The largest absolute Gasteiger partial charge is 0.392 e. The molecule has 0 aliphatic rings. The molecule has 0 radical (unpaired) electrons. The van der Waals surface area contributed by atoms with Crippen LogP contribution in [-0.2, 0) is 6.42 Å². The number of hydrogen-bond acceptors (Lipinski definition) is 2. The van der Waals surface area contributed by atoms with Gasteiger partial charge in [0.2, 0.25) is 0 Å². The average molecular weight is 235 g/mol. The second-order valence-corrected chi connectivity index (χ2v) is 4.40. The van der Waals surface area contributed by atoms with Crippen LogP contribution in [0.4, 0.5) is 4.39 Å². The van der Waals surface area contributed by atoms with E-state index >= 15 is 0 Å². The molecule has 1 rings (SSSR count). The molecule has 0 saturated carbocycles. The van der Waals surface area contributed by atoms with Crippen molar-refractivity contribution >= 4 is 23.4 Å². The molecule has 0 heterocycles. The van der Waals surface area contributed by atoms with E-state index in [-0.39, 0.29) is 5.82 Å². The van der Waals surface area contributed by atoms with Gasteiger partial charge in [-0.05, 0) is 24.0 Å². The first kappa shape index (κ1) is 11.8. The van der Waals surface area contributed by atoms with Gasteiger partial charge >= 0.3 is 0 Å². The Bertz CT molecular complexity index is 306. The molecule has 1 aromatic carbocycles. The van der Waals surface area contributed by atoms with E-state index in [2.05, 4.69) is 0 Å². The van der Waals surface area contributed by atoms with E-state index in [0.717, 1.165) is 0 Å². The molecule has 0 saturated heterocycles. The number of aliphatic hydroxyl groups is 1. The quantitative estimate of drug-likeness (QED) is 0.865. The summed E-state index contributed by atoms with van der Waals surface area (Å²) < 4.78 is 13.2. The molecule has 78 valence electrons. The molecule has 0 fully saturated rings. The summed E-state index contributed by atoms with van der Waals surface area (Å²) in [5.41, 5.74) is 0.510. The molecule has 0 aliphatic heterocycles. The summed E-state index contributed by atoms with van der Waals surface area (Å²) in [5.74, 6) is 0.264. The topological polar surface area (TPSA) is 20.2 Å². The van der Waals surface area contributed by atoms with Crippen molar-refractivity contribution in [2.45, 2.75) is 12.5 Å². The molecular formula is C10H12ClFOS. The Kier molecular flexibility index (Phi) is 4.72. The highest BCUT2D eigenvalue weighted by Gasteiger charge is 2.08. The molecule has 0 amide bonds. The molecule has 4 heteroatoms. The third-order valence-electron chi connectivity index (χ3n) is 1.83. The fourth-order valence-corrected chi connectivity index (χ4v) is 1.85. The summed E-state index contributed by atoms with van der Waals surface area (Å²) in [6.07, 6.45) is 1.74. The fourth-order valence-electron chi connectivity index (χ4n) is 1.19. The molecule has 14 heavy (non-hydrogen) atoms. The fraction of sp³-hybridized carbons (Fsp3) is 0.400. The Balaban J connectivity index is 2.67. The summed E-state index contributed by atoms with van der Waals surface area (Å²) in [5, 5.41) is 9.86. The van der Waals surface area contributed by atoms with Crippen LogP contribution in [0.2, 0.25) is 5.02 Å². The molecule has 1 unspecified atom stereocenters. The monoisotopic (exact) mass is 234 g/mol. The molecule has 1 N–H and O–H groups in total. The summed E-state index contributed by atoms with van der Waals surface area (Å²) in [4.78, 5) is 0. The summed E-state index contributed by atoms with van der Waals surface area (Å²) in [6, 6.07) is 4.51. The summed E-state index contributed by atoms with van der Waals surface area (Å²) in [6.45, 7) is 0. The van der Waals surface area contributed by atoms with Crippen LogP contribution < -0.4 is 0 Å². The Labute approximate surface area is 92.3 Å². The van der Waals surface area contributed by atoms with Crippen molar-refractivity contribution in [3.63, 3.8) is 0 Å². The molecular weight excluding hydrogens is 223 g/mol. The number of rotatable bonds is 4. The van der Waals surface area contributed by atoms with Crippen LogP contribution >= 0.6 is 23.4 Å². The van der Waals surface area contributed by atoms with E-state index in [1.54, 1.807) is 12.1 Å². The Hall–Kier alpha value is -0.250. The first-order valence-corrected chi connectivity index (χ1v) is 6.01. The first-order chi connectivity index (χ1) is 6.63. The van der Waals surface area contributed by atoms with Gasteiger partial charge < -0.3 is 5.11 Å². The Morgan fingerprint density at radius 2 is 2.29 bits per heavy atom. The number of benzene rings is 1. The Morgan fingerprint density at radius 1 is 1.57 bits per heavy atom. The lowest BCUT2D eigenvalue weighted by Gasteiger charge is -2.09. The number of hydrogen-bond donors (Lipinski definition) is 1. The molecule has 0 spiro atoms. The van der Waals surface area contributed by atoms with Crippen molar-refractivity contribution in [3.8, 4) is 0 Å². The molecule has 0 aliphatic carbocycles. The molecule has 1 aromatic rings. The minimum absolute atomic E-state index is 0.337. The third kappa shape index (κ3) is 3.48. The van der Waals surface area contributed by atoms with Crippen molar-refractivity contribution in [3.05, 3.63) is 34.6 Å². The van der Waals surface area contributed by atoms with Gasteiger partial charge in [-0.3, -0.25) is 0 Å². The standard InChI is InChI=1S/C10H12ClFOS/c1-14-6-9(13)4-7-2-3-8(11)5-10(7)12/h2-3,5,9,13H,4,6H2,1H3. The highest BCUT2D eigenvalue weighted by molar-refractivity contribution is 7.98. The average Bonchev–Trinajstić information content (AvgIpc) is 2.10. The normalized spacial score (nSPS) is 12.9. The molecule has 1 atom stereocenters. The summed E-state index contributed by atoms with van der Waals surface area (Å²) in [7, 11) is 0. The van der Waals surface area contributed by atoms with E-state index in [4.69, 9.17) is 11.6 Å². The van der Waals surface area contributed by atoms with Gasteiger partial charge in [-0.2, -0.15) is 11.8 Å². The lowest BCUT2D eigenvalue weighted by atomic mass is 10.1. The lowest BCUT2D eigenvalue weighted by Crippen LogP contribution is -2.14. The van der Waals surface area contributed by atoms with Crippen LogP contribution in [-0.4, -0.2) is 23.2 Å². The maximum Gasteiger partial charge on any atom is 0.127 e. The van der Waals surface area contributed by atoms with Crippen molar-refractivity contribution in [2.75, 3.05) is 12.0 Å². The second kappa shape index (κ2) is 5.59. The van der Waals surface area contributed by atoms with Gasteiger partial charge in [-0.15, -0.1) is 0 Å². The van der Waals surface area contributed by atoms with Crippen molar-refractivity contribution in [2.24, 2.45) is 0 Å². The SMILES string of the molecule is CSCC(O)Cc1ccc(Cl)cc1F. The van der Waals surface area contributed by atoms with Crippen LogP contribution in [0, 0.1) is 5.82 Å².